The van der Waals surface area contributed by atoms with Gasteiger partial charge in [0.1, 0.15) is 17.4 Å². The normalized spacial score (nSPS) is 13.7. The van der Waals surface area contributed by atoms with Gasteiger partial charge in [-0.05, 0) is 30.3 Å². The molecule has 0 fully saturated rings. The van der Waals surface area contributed by atoms with E-state index in [9.17, 15) is 14.0 Å². The van der Waals surface area contributed by atoms with Crippen molar-refractivity contribution >= 4 is 35.0 Å². The van der Waals surface area contributed by atoms with Gasteiger partial charge in [-0.25, -0.2) is 9.37 Å². The second-order valence-electron chi connectivity index (χ2n) is 4.65. The molecule has 2 aromatic rings. The average molecular weight is 317 g/mol. The van der Waals surface area contributed by atoms with Crippen LogP contribution in [0.4, 0.5) is 15.8 Å². The molecule has 2 amide bonds. The zero-order valence-electron chi connectivity index (χ0n) is 11.5. The Balaban J connectivity index is 1.75. The van der Waals surface area contributed by atoms with Crippen LogP contribution >= 0.6 is 11.8 Å². The summed E-state index contributed by atoms with van der Waals surface area (Å²) >= 11 is 1.35. The van der Waals surface area contributed by atoms with Crippen molar-refractivity contribution in [2.45, 2.75) is 5.03 Å². The molecule has 2 heterocycles. The maximum Gasteiger partial charge on any atom is 0.244 e. The highest BCUT2D eigenvalue weighted by Gasteiger charge is 2.27. The zero-order chi connectivity index (χ0) is 15.5. The second kappa shape index (κ2) is 6.15. The number of benzene rings is 1. The van der Waals surface area contributed by atoms with Crippen LogP contribution in [0, 0.1) is 5.82 Å². The van der Waals surface area contributed by atoms with E-state index in [1.807, 2.05) is 0 Å². The van der Waals surface area contributed by atoms with Crippen LogP contribution < -0.4 is 10.2 Å². The maximum atomic E-state index is 13.1. The number of fused-ring (bicyclic) bond motifs is 1. The van der Waals surface area contributed by atoms with Crippen molar-refractivity contribution in [3.8, 4) is 0 Å². The summed E-state index contributed by atoms with van der Waals surface area (Å²) in [6, 6.07) is 9.08. The summed E-state index contributed by atoms with van der Waals surface area (Å²) in [7, 11) is 0. The molecule has 0 aliphatic carbocycles. The Labute approximate surface area is 130 Å². The third kappa shape index (κ3) is 3.09. The number of thioether (sulfide) groups is 1. The number of pyridine rings is 1. The predicted octanol–water partition coefficient (Wildman–Crippen LogP) is 2.30. The minimum atomic E-state index is -0.433. The topological polar surface area (TPSA) is 62.3 Å². The average Bonchev–Trinajstić information content (AvgIpc) is 2.50. The van der Waals surface area contributed by atoms with Crippen LogP contribution in [0.15, 0.2) is 47.6 Å². The Kier molecular flexibility index (Phi) is 4.06. The minimum Gasteiger partial charge on any atom is -0.324 e. The van der Waals surface area contributed by atoms with Gasteiger partial charge in [-0.1, -0.05) is 17.8 Å². The highest BCUT2D eigenvalue weighted by molar-refractivity contribution is 8.00. The molecule has 7 heteroatoms. The van der Waals surface area contributed by atoms with Crippen molar-refractivity contribution in [2.75, 3.05) is 22.5 Å². The first-order valence-electron chi connectivity index (χ1n) is 6.57. The van der Waals surface area contributed by atoms with Crippen LogP contribution in [0.2, 0.25) is 0 Å². The fourth-order valence-electron chi connectivity index (χ4n) is 2.13. The second-order valence-corrected chi connectivity index (χ2v) is 5.62. The van der Waals surface area contributed by atoms with Crippen molar-refractivity contribution in [3.05, 3.63) is 48.4 Å². The van der Waals surface area contributed by atoms with Gasteiger partial charge >= 0.3 is 0 Å². The van der Waals surface area contributed by atoms with Gasteiger partial charge in [-0.15, -0.1) is 0 Å². The number of amides is 2. The van der Waals surface area contributed by atoms with E-state index < -0.39 is 5.82 Å². The minimum absolute atomic E-state index is 0.130. The molecule has 3 rings (SSSR count). The quantitative estimate of drug-likeness (QED) is 0.943. The van der Waals surface area contributed by atoms with E-state index in [4.69, 9.17) is 0 Å². The lowest BCUT2D eigenvalue weighted by atomic mass is 10.3. The van der Waals surface area contributed by atoms with E-state index in [0.29, 0.717) is 11.4 Å². The zero-order valence-corrected chi connectivity index (χ0v) is 12.3. The first-order valence-corrected chi connectivity index (χ1v) is 7.55. The Hall–Kier alpha value is -2.41. The summed E-state index contributed by atoms with van der Waals surface area (Å²) in [5.41, 5.74) is 0.980. The van der Waals surface area contributed by atoms with Gasteiger partial charge in [-0.2, -0.15) is 0 Å². The molecule has 5 nitrogen and oxygen atoms in total. The first-order chi connectivity index (χ1) is 10.6. The van der Waals surface area contributed by atoms with Crippen molar-refractivity contribution in [2.24, 2.45) is 0 Å². The summed E-state index contributed by atoms with van der Waals surface area (Å²) in [6.07, 6.45) is 1.65. The molecule has 0 atom stereocenters. The van der Waals surface area contributed by atoms with Crippen LogP contribution in [0.1, 0.15) is 0 Å². The standard InChI is InChI=1S/C15H12FN3O2S/c16-10-3-1-4-11(7-10)18-13(20)8-19-12-5-2-6-17-15(12)22-9-14(19)21/h1-7H,8-9H2,(H,18,20). The van der Waals surface area contributed by atoms with Crippen LogP contribution in [0.3, 0.4) is 0 Å². The summed E-state index contributed by atoms with van der Waals surface area (Å²) in [6.45, 7) is -0.130. The monoisotopic (exact) mass is 317 g/mol. The molecule has 0 saturated carbocycles. The molecule has 0 radical (unpaired) electrons. The van der Waals surface area contributed by atoms with Crippen molar-refractivity contribution in [1.29, 1.82) is 0 Å². The third-order valence-corrected chi connectivity index (χ3v) is 4.06. The highest BCUT2D eigenvalue weighted by atomic mass is 32.2. The van der Waals surface area contributed by atoms with Crippen LogP contribution in [-0.4, -0.2) is 29.1 Å². The lowest BCUT2D eigenvalue weighted by molar-refractivity contribution is -0.120. The fraction of sp³-hybridized carbons (Fsp3) is 0.133. The van der Waals surface area contributed by atoms with Gasteiger partial charge in [0, 0.05) is 11.9 Å². The smallest absolute Gasteiger partial charge is 0.244 e. The van der Waals surface area contributed by atoms with E-state index >= 15 is 0 Å². The molecular formula is C15H12FN3O2S. The van der Waals surface area contributed by atoms with E-state index in [0.717, 1.165) is 5.03 Å². The molecule has 1 aliphatic rings. The van der Waals surface area contributed by atoms with Gasteiger partial charge in [0.05, 0.1) is 11.4 Å². The molecular weight excluding hydrogens is 305 g/mol. The van der Waals surface area contributed by atoms with Gasteiger partial charge in [0.25, 0.3) is 0 Å². The summed E-state index contributed by atoms with van der Waals surface area (Å²) in [5, 5.41) is 3.30. The van der Waals surface area contributed by atoms with Gasteiger partial charge in [-0.3, -0.25) is 14.5 Å². The van der Waals surface area contributed by atoms with Crippen molar-refractivity contribution in [3.63, 3.8) is 0 Å². The number of nitrogens with one attached hydrogen (secondary N) is 1. The number of hydrogen-bond donors (Lipinski definition) is 1. The number of rotatable bonds is 3. The number of nitrogens with zero attached hydrogens (tertiary/aromatic N) is 2. The van der Waals surface area contributed by atoms with E-state index in [1.54, 1.807) is 24.4 Å². The lowest BCUT2D eigenvalue weighted by Gasteiger charge is -2.27. The SMILES string of the molecule is O=C(CN1C(=O)CSc2ncccc21)Nc1cccc(F)c1. The van der Waals surface area contributed by atoms with Gasteiger partial charge in [0.2, 0.25) is 11.8 Å². The molecule has 0 bridgehead atoms. The Bertz CT molecular complexity index is 738. The number of halogens is 1. The molecule has 1 aliphatic heterocycles. The summed E-state index contributed by atoms with van der Waals surface area (Å²) in [5.74, 6) is -0.726. The predicted molar refractivity (Wildman–Crippen MR) is 82.3 cm³/mol. The van der Waals surface area contributed by atoms with Crippen LogP contribution in [0.5, 0.6) is 0 Å². The van der Waals surface area contributed by atoms with Gasteiger partial charge in [0.15, 0.2) is 0 Å². The molecule has 1 aromatic carbocycles. The number of hydrogen-bond acceptors (Lipinski definition) is 4. The van der Waals surface area contributed by atoms with Crippen LogP contribution in [0.25, 0.3) is 0 Å². The largest absolute Gasteiger partial charge is 0.324 e. The van der Waals surface area contributed by atoms with Crippen LogP contribution in [-0.2, 0) is 9.59 Å². The molecule has 22 heavy (non-hydrogen) atoms. The molecule has 1 N–H and O–H groups in total. The molecule has 112 valence electrons. The number of anilines is 2. The van der Waals surface area contributed by atoms with Crippen molar-refractivity contribution < 1.29 is 14.0 Å². The van der Waals surface area contributed by atoms with Gasteiger partial charge < -0.3 is 5.32 Å². The third-order valence-electron chi connectivity index (χ3n) is 3.09. The molecule has 0 spiro atoms. The fourth-order valence-corrected chi connectivity index (χ4v) is 3.00. The van der Waals surface area contributed by atoms with Crippen molar-refractivity contribution in [1.82, 2.24) is 4.98 Å². The Morgan fingerprint density at radius 2 is 2.23 bits per heavy atom. The van der Waals surface area contributed by atoms with E-state index in [1.165, 1.54) is 34.9 Å². The molecule has 0 unspecified atom stereocenters. The number of carbonyl (C=O) groups is 2. The number of aromatic nitrogens is 1. The number of carbonyl (C=O) groups excluding carboxylic acids is 2. The Morgan fingerprint density at radius 1 is 1.36 bits per heavy atom. The lowest BCUT2D eigenvalue weighted by Crippen LogP contribution is -2.41. The summed E-state index contributed by atoms with van der Waals surface area (Å²) < 4.78 is 13.1. The molecule has 1 aromatic heterocycles. The van der Waals surface area contributed by atoms with E-state index in [-0.39, 0.29) is 24.1 Å². The Morgan fingerprint density at radius 3 is 3.05 bits per heavy atom. The summed E-state index contributed by atoms with van der Waals surface area (Å²) in [4.78, 5) is 29.7. The highest BCUT2D eigenvalue weighted by Crippen LogP contribution is 2.32. The maximum absolute atomic E-state index is 13.1. The molecule has 0 saturated heterocycles. The first kappa shape index (κ1) is 14.5. The van der Waals surface area contributed by atoms with E-state index in [2.05, 4.69) is 10.3 Å².